The third-order valence-corrected chi connectivity index (χ3v) is 5.20. The van der Waals surface area contributed by atoms with Crippen LogP contribution in [0.4, 0.5) is 0 Å². The average Bonchev–Trinajstić information content (AvgIpc) is 2.78. The van der Waals surface area contributed by atoms with Gasteiger partial charge in [0.1, 0.15) is 12.1 Å². The third-order valence-electron chi connectivity index (χ3n) is 4.81. The van der Waals surface area contributed by atoms with E-state index in [9.17, 15) is 34.2 Å². The van der Waals surface area contributed by atoms with Gasteiger partial charge in [0.05, 0.1) is 12.1 Å². The Hall–Kier alpha value is -3.16. The van der Waals surface area contributed by atoms with Crippen molar-refractivity contribution in [2.45, 2.75) is 56.5 Å². The molecule has 0 heterocycles. The standard InChI is InChI=1S/C21H31N5O7S/c1-11(27)17(21(32)33)26-20(31)15(9-12-5-3-2-4-6-12)25-19(30)14(7-8-16(23)28)24-18(29)13(22)10-34/h2-6,11,13-15,17,27,34H,7-10,22H2,1H3,(H2,23,28)(H,24,29)(H,25,30)(H,26,31)(H,32,33). The van der Waals surface area contributed by atoms with Crippen LogP contribution in [0.3, 0.4) is 0 Å². The fourth-order valence-corrected chi connectivity index (χ4v) is 3.06. The average molecular weight is 498 g/mol. The van der Waals surface area contributed by atoms with Gasteiger partial charge in [-0.05, 0) is 18.9 Å². The minimum atomic E-state index is -1.61. The van der Waals surface area contributed by atoms with Crippen LogP contribution in [0.1, 0.15) is 25.3 Å². The summed E-state index contributed by atoms with van der Waals surface area (Å²) in [6.07, 6.45) is -1.80. The van der Waals surface area contributed by atoms with Crippen molar-refractivity contribution in [2.75, 3.05) is 5.75 Å². The Balaban J connectivity index is 3.13. The number of aliphatic hydroxyl groups is 1. The molecule has 0 aromatic heterocycles. The molecule has 1 aromatic carbocycles. The van der Waals surface area contributed by atoms with Crippen molar-refractivity contribution in [3.8, 4) is 0 Å². The van der Waals surface area contributed by atoms with Crippen molar-refractivity contribution in [1.29, 1.82) is 0 Å². The summed E-state index contributed by atoms with van der Waals surface area (Å²) < 4.78 is 0. The first-order valence-electron chi connectivity index (χ1n) is 10.5. The van der Waals surface area contributed by atoms with Crippen LogP contribution in [0, 0.1) is 0 Å². The second-order valence-corrected chi connectivity index (χ2v) is 8.04. The molecule has 0 fully saturated rings. The van der Waals surface area contributed by atoms with Crippen LogP contribution in [0.2, 0.25) is 0 Å². The zero-order valence-corrected chi connectivity index (χ0v) is 19.5. The number of carboxylic acids is 1. The summed E-state index contributed by atoms with van der Waals surface area (Å²) in [6.45, 7) is 1.20. The van der Waals surface area contributed by atoms with Gasteiger partial charge in [-0.15, -0.1) is 0 Å². The molecule has 0 aliphatic rings. The van der Waals surface area contributed by atoms with Gasteiger partial charge in [-0.3, -0.25) is 19.2 Å². The van der Waals surface area contributed by atoms with Crippen molar-refractivity contribution < 1.29 is 34.2 Å². The molecular weight excluding hydrogens is 466 g/mol. The largest absolute Gasteiger partial charge is 0.480 e. The van der Waals surface area contributed by atoms with Crippen molar-refractivity contribution in [2.24, 2.45) is 11.5 Å². The fraction of sp³-hybridized carbons (Fsp3) is 0.476. The van der Waals surface area contributed by atoms with Crippen LogP contribution >= 0.6 is 12.6 Å². The lowest BCUT2D eigenvalue weighted by atomic mass is 10.0. The zero-order chi connectivity index (χ0) is 25.8. The number of nitrogens with two attached hydrogens (primary N) is 2. The monoisotopic (exact) mass is 497 g/mol. The summed E-state index contributed by atoms with van der Waals surface area (Å²) in [7, 11) is 0. The summed E-state index contributed by atoms with van der Waals surface area (Å²) in [5.41, 5.74) is 11.4. The van der Waals surface area contributed by atoms with E-state index in [-0.39, 0.29) is 25.0 Å². The molecule has 0 aliphatic heterocycles. The molecule has 1 rings (SSSR count). The molecule has 0 saturated heterocycles. The maximum atomic E-state index is 13.0. The first-order valence-corrected chi connectivity index (χ1v) is 11.1. The van der Waals surface area contributed by atoms with Crippen molar-refractivity contribution in [3.63, 3.8) is 0 Å². The van der Waals surface area contributed by atoms with Crippen LogP contribution in [0.25, 0.3) is 0 Å². The van der Waals surface area contributed by atoms with Crippen molar-refractivity contribution in [3.05, 3.63) is 35.9 Å². The molecular formula is C21H31N5O7S. The summed E-state index contributed by atoms with van der Waals surface area (Å²) in [5.74, 6) is -4.52. The minimum absolute atomic E-state index is 0.00491. The number of nitrogens with one attached hydrogen (secondary N) is 3. The lowest BCUT2D eigenvalue weighted by molar-refractivity contribution is -0.145. The lowest BCUT2D eigenvalue weighted by Crippen LogP contribution is -2.59. The van der Waals surface area contributed by atoms with Gasteiger partial charge >= 0.3 is 5.97 Å². The molecule has 9 N–H and O–H groups in total. The van der Waals surface area contributed by atoms with Crippen molar-refractivity contribution in [1.82, 2.24) is 16.0 Å². The molecule has 0 spiro atoms. The fourth-order valence-electron chi connectivity index (χ4n) is 2.89. The number of thiol groups is 1. The Morgan fingerprint density at radius 3 is 2.03 bits per heavy atom. The molecule has 5 atom stereocenters. The quantitative estimate of drug-likeness (QED) is 0.130. The molecule has 1 aromatic rings. The number of carbonyl (C=O) groups excluding carboxylic acids is 4. The Bertz CT molecular complexity index is 868. The first-order chi connectivity index (χ1) is 16.0. The maximum absolute atomic E-state index is 13.0. The number of amides is 4. The van der Waals surface area contributed by atoms with Gasteiger partial charge in [0.15, 0.2) is 6.04 Å². The SMILES string of the molecule is CC(O)C(NC(=O)C(Cc1ccccc1)NC(=O)C(CCC(N)=O)NC(=O)C(N)CS)C(=O)O. The van der Waals surface area contributed by atoms with Crippen LogP contribution in [0.5, 0.6) is 0 Å². The molecule has 13 heteroatoms. The number of aliphatic carboxylic acids is 1. The van der Waals surface area contributed by atoms with Crippen LogP contribution < -0.4 is 27.4 Å². The van der Waals surface area contributed by atoms with Gasteiger partial charge in [-0.25, -0.2) is 4.79 Å². The number of hydrogen-bond acceptors (Lipinski definition) is 8. The van der Waals surface area contributed by atoms with Gasteiger partial charge in [-0.1, -0.05) is 30.3 Å². The summed E-state index contributed by atoms with van der Waals surface area (Å²) in [5, 5.41) is 26.0. The minimum Gasteiger partial charge on any atom is -0.480 e. The molecule has 0 aliphatic carbocycles. The Labute approximate surface area is 202 Å². The normalized spacial score (nSPS) is 15.2. The first kappa shape index (κ1) is 28.9. The molecule has 188 valence electrons. The van der Waals surface area contributed by atoms with E-state index in [4.69, 9.17) is 11.5 Å². The number of primary amides is 1. The van der Waals surface area contributed by atoms with Gasteiger partial charge < -0.3 is 37.6 Å². The number of carbonyl (C=O) groups is 5. The van der Waals surface area contributed by atoms with Crippen LogP contribution in [-0.2, 0) is 30.4 Å². The van der Waals surface area contributed by atoms with E-state index in [1.807, 2.05) is 0 Å². The van der Waals surface area contributed by atoms with Crippen LogP contribution in [0.15, 0.2) is 30.3 Å². The van der Waals surface area contributed by atoms with Crippen molar-refractivity contribution >= 4 is 42.2 Å². The molecule has 12 nitrogen and oxygen atoms in total. The summed E-state index contributed by atoms with van der Waals surface area (Å²) in [4.78, 5) is 60.6. The molecule has 0 saturated carbocycles. The third kappa shape index (κ3) is 9.77. The van der Waals surface area contributed by atoms with Crippen LogP contribution in [-0.4, -0.2) is 75.8 Å². The maximum Gasteiger partial charge on any atom is 0.328 e. The number of carboxylic acid groups (broad SMARTS) is 1. The van der Waals surface area contributed by atoms with Gasteiger partial charge in [0, 0.05) is 18.6 Å². The Kier molecular flexibility index (Phi) is 12.0. The number of aliphatic hydroxyl groups excluding tert-OH is 1. The van der Waals surface area contributed by atoms with E-state index in [2.05, 4.69) is 28.6 Å². The van der Waals surface area contributed by atoms with E-state index in [1.165, 1.54) is 6.92 Å². The highest BCUT2D eigenvalue weighted by Gasteiger charge is 2.32. The number of benzene rings is 1. The van der Waals surface area contributed by atoms with Gasteiger partial charge in [0.25, 0.3) is 0 Å². The van der Waals surface area contributed by atoms with E-state index < -0.39 is 59.9 Å². The molecule has 4 amide bonds. The number of hydrogen-bond donors (Lipinski definition) is 8. The second-order valence-electron chi connectivity index (χ2n) is 7.67. The smallest absolute Gasteiger partial charge is 0.328 e. The highest BCUT2D eigenvalue weighted by molar-refractivity contribution is 7.80. The van der Waals surface area contributed by atoms with Gasteiger partial charge in [-0.2, -0.15) is 12.6 Å². The predicted molar refractivity (Wildman–Crippen MR) is 126 cm³/mol. The van der Waals surface area contributed by atoms with E-state index in [0.29, 0.717) is 5.56 Å². The zero-order valence-electron chi connectivity index (χ0n) is 18.6. The highest BCUT2D eigenvalue weighted by Crippen LogP contribution is 2.07. The van der Waals surface area contributed by atoms with E-state index in [1.54, 1.807) is 30.3 Å². The number of rotatable bonds is 14. The topological polar surface area (TPSA) is 214 Å². The molecule has 5 unspecified atom stereocenters. The second kappa shape index (κ2) is 14.2. The van der Waals surface area contributed by atoms with Gasteiger partial charge in [0.2, 0.25) is 23.6 Å². The lowest BCUT2D eigenvalue weighted by Gasteiger charge is -2.25. The molecule has 0 radical (unpaired) electrons. The molecule has 34 heavy (non-hydrogen) atoms. The summed E-state index contributed by atoms with van der Waals surface area (Å²) in [6, 6.07) is 3.46. The van der Waals surface area contributed by atoms with E-state index in [0.717, 1.165) is 0 Å². The summed E-state index contributed by atoms with van der Waals surface area (Å²) >= 11 is 3.93. The predicted octanol–water partition coefficient (Wildman–Crippen LogP) is -2.33. The van der Waals surface area contributed by atoms with E-state index >= 15 is 0 Å². The Morgan fingerprint density at radius 1 is 0.971 bits per heavy atom. The highest BCUT2D eigenvalue weighted by atomic mass is 32.1. The Morgan fingerprint density at radius 2 is 1.53 bits per heavy atom. The molecule has 0 bridgehead atoms.